The quantitative estimate of drug-likeness (QED) is 0.0222. The highest BCUT2D eigenvalue weighted by Crippen LogP contribution is 2.45. The van der Waals surface area contributed by atoms with Crippen LogP contribution in [0.15, 0.2) is 0 Å². The Balaban J connectivity index is 5.25. The molecule has 92 heavy (non-hydrogen) atoms. The maximum Gasteiger partial charge on any atom is 0.472 e. The number of phosphoric acid groups is 2. The van der Waals surface area contributed by atoms with Crippen LogP contribution < -0.4 is 0 Å². The first-order chi connectivity index (χ1) is 44.1. The number of rotatable bonds is 70. The minimum absolute atomic E-state index is 0.104. The molecule has 5 atom stereocenters. The summed E-state index contributed by atoms with van der Waals surface area (Å²) in [7, 11) is -9.91. The van der Waals surface area contributed by atoms with Gasteiger partial charge in [-0.05, 0) is 49.4 Å². The van der Waals surface area contributed by atoms with E-state index in [-0.39, 0.29) is 25.7 Å². The van der Waals surface area contributed by atoms with Crippen LogP contribution in [0.3, 0.4) is 0 Å². The van der Waals surface area contributed by atoms with E-state index < -0.39 is 97.5 Å². The minimum atomic E-state index is -4.96. The monoisotopic (exact) mass is 1350 g/mol. The van der Waals surface area contributed by atoms with Gasteiger partial charge in [0.15, 0.2) is 12.2 Å². The van der Waals surface area contributed by atoms with E-state index in [0.717, 1.165) is 114 Å². The van der Waals surface area contributed by atoms with E-state index >= 15 is 0 Å². The van der Waals surface area contributed by atoms with E-state index in [2.05, 4.69) is 55.4 Å². The topological polar surface area (TPSA) is 237 Å². The Morgan fingerprint density at radius 3 is 0.674 bits per heavy atom. The van der Waals surface area contributed by atoms with Crippen molar-refractivity contribution in [2.24, 2.45) is 23.7 Å². The predicted octanol–water partition coefficient (Wildman–Crippen LogP) is 20.9. The van der Waals surface area contributed by atoms with Gasteiger partial charge in [0.1, 0.15) is 19.3 Å². The second-order valence-corrected chi connectivity index (χ2v) is 31.1. The minimum Gasteiger partial charge on any atom is -0.462 e. The summed E-state index contributed by atoms with van der Waals surface area (Å²) in [6.07, 6.45) is 45.8. The molecule has 0 aliphatic rings. The lowest BCUT2D eigenvalue weighted by Crippen LogP contribution is -2.30. The third-order valence-electron chi connectivity index (χ3n) is 16.8. The van der Waals surface area contributed by atoms with E-state index in [0.29, 0.717) is 25.7 Å². The predicted molar refractivity (Wildman–Crippen MR) is 372 cm³/mol. The standard InChI is InChI=1S/C73H142O17P2/c1-63(2)49-41-33-25-17-12-10-9-11-13-20-29-37-45-53-70(75)83-59-68(89-72(77)55-47-39-31-21-15-14-18-26-34-42-50-64(3)4)61-87-91(79,80)85-57-67(74)58-86-92(81,82)88-62-69(60-84-71(76)54-46-38-30-24-23-28-36-44-52-66(7)8)90-73(78)56-48-40-32-22-16-19-27-35-43-51-65(5)6/h63-69,74H,9-62H2,1-8H3,(H,79,80)(H,81,82)/t67?,68-,69-/m1/s1. The smallest absolute Gasteiger partial charge is 0.462 e. The number of hydrogen-bond acceptors (Lipinski definition) is 15. The summed E-state index contributed by atoms with van der Waals surface area (Å²) in [5.41, 5.74) is 0. The molecule has 17 nitrogen and oxygen atoms in total. The zero-order valence-electron chi connectivity index (χ0n) is 60.2. The molecule has 0 rings (SSSR count). The third kappa shape index (κ3) is 66.7. The number of hydrogen-bond donors (Lipinski definition) is 3. The van der Waals surface area contributed by atoms with Crippen LogP contribution in [0, 0.1) is 23.7 Å². The molecule has 0 fully saturated rings. The van der Waals surface area contributed by atoms with Crippen molar-refractivity contribution in [2.45, 2.75) is 382 Å². The van der Waals surface area contributed by atoms with E-state index in [1.807, 2.05) is 0 Å². The number of aliphatic hydroxyl groups excluding tert-OH is 1. The summed E-state index contributed by atoms with van der Waals surface area (Å²) < 4.78 is 68.4. The zero-order valence-corrected chi connectivity index (χ0v) is 62.0. The zero-order chi connectivity index (χ0) is 68.2. The molecule has 0 spiro atoms. The number of carbonyl (C=O) groups is 4. The van der Waals surface area contributed by atoms with Gasteiger partial charge in [0.25, 0.3) is 0 Å². The van der Waals surface area contributed by atoms with Gasteiger partial charge >= 0.3 is 39.5 Å². The Morgan fingerprint density at radius 1 is 0.272 bits per heavy atom. The first-order valence-corrected chi connectivity index (χ1v) is 40.7. The van der Waals surface area contributed by atoms with Crippen LogP contribution in [0.2, 0.25) is 0 Å². The summed E-state index contributed by atoms with van der Waals surface area (Å²) in [5.74, 6) is 0.880. The van der Waals surface area contributed by atoms with Crippen LogP contribution in [-0.2, 0) is 65.4 Å². The number of aliphatic hydroxyl groups is 1. The fourth-order valence-electron chi connectivity index (χ4n) is 11.0. The number of carbonyl (C=O) groups excluding carboxylic acids is 4. The molecular weight excluding hydrogens is 1210 g/mol. The maximum atomic E-state index is 13.1. The average molecular weight is 1350 g/mol. The van der Waals surface area contributed by atoms with Crippen LogP contribution in [0.5, 0.6) is 0 Å². The second kappa shape index (κ2) is 62.6. The van der Waals surface area contributed by atoms with Crippen LogP contribution in [0.1, 0.15) is 364 Å². The largest absolute Gasteiger partial charge is 0.472 e. The summed E-state index contributed by atoms with van der Waals surface area (Å²) in [4.78, 5) is 72.7. The van der Waals surface area contributed by atoms with Gasteiger partial charge in [0.05, 0.1) is 26.4 Å². The van der Waals surface area contributed by atoms with Crippen molar-refractivity contribution in [1.29, 1.82) is 0 Å². The van der Waals surface area contributed by atoms with Gasteiger partial charge in [-0.25, -0.2) is 9.13 Å². The van der Waals surface area contributed by atoms with Crippen molar-refractivity contribution in [3.05, 3.63) is 0 Å². The van der Waals surface area contributed by atoms with E-state index in [4.69, 9.17) is 37.0 Å². The maximum absolute atomic E-state index is 13.1. The molecule has 0 amide bonds. The molecule has 0 aliphatic carbocycles. The lowest BCUT2D eigenvalue weighted by molar-refractivity contribution is -0.161. The first-order valence-electron chi connectivity index (χ1n) is 37.7. The lowest BCUT2D eigenvalue weighted by Gasteiger charge is -2.21. The van der Waals surface area contributed by atoms with Crippen LogP contribution >= 0.6 is 15.6 Å². The van der Waals surface area contributed by atoms with Crippen molar-refractivity contribution < 1.29 is 80.2 Å². The van der Waals surface area contributed by atoms with Crippen molar-refractivity contribution >= 4 is 39.5 Å². The molecule has 0 aromatic heterocycles. The van der Waals surface area contributed by atoms with Crippen molar-refractivity contribution in [3.8, 4) is 0 Å². The molecule has 3 unspecified atom stereocenters. The molecule has 0 saturated carbocycles. The van der Waals surface area contributed by atoms with Gasteiger partial charge in [0, 0.05) is 25.7 Å². The summed E-state index contributed by atoms with van der Waals surface area (Å²) in [6.45, 7) is 14.1. The van der Waals surface area contributed by atoms with Gasteiger partial charge in [-0.3, -0.25) is 37.3 Å². The summed E-state index contributed by atoms with van der Waals surface area (Å²) in [6, 6.07) is 0. The molecule has 0 radical (unpaired) electrons. The molecule has 3 N–H and O–H groups in total. The molecule has 19 heteroatoms. The van der Waals surface area contributed by atoms with Gasteiger partial charge in [-0.1, -0.05) is 312 Å². The Labute approximate surface area is 562 Å². The Kier molecular flexibility index (Phi) is 61.3. The summed E-state index contributed by atoms with van der Waals surface area (Å²) in [5, 5.41) is 10.6. The fourth-order valence-corrected chi connectivity index (χ4v) is 12.6. The van der Waals surface area contributed by atoms with E-state index in [1.54, 1.807) is 0 Å². The molecule has 0 saturated heterocycles. The number of phosphoric ester groups is 2. The van der Waals surface area contributed by atoms with Gasteiger partial charge < -0.3 is 33.8 Å². The average Bonchev–Trinajstić information content (AvgIpc) is 2.50. The molecule has 0 heterocycles. The van der Waals surface area contributed by atoms with Gasteiger partial charge in [-0.15, -0.1) is 0 Å². The first kappa shape index (κ1) is 90.1. The van der Waals surface area contributed by atoms with Crippen molar-refractivity contribution in [1.82, 2.24) is 0 Å². The number of unbranched alkanes of at least 4 members (excludes halogenated alkanes) is 36. The van der Waals surface area contributed by atoms with Crippen LogP contribution in [0.4, 0.5) is 0 Å². The van der Waals surface area contributed by atoms with Gasteiger partial charge in [0.2, 0.25) is 0 Å². The van der Waals surface area contributed by atoms with E-state index in [9.17, 15) is 43.2 Å². The van der Waals surface area contributed by atoms with Gasteiger partial charge in [-0.2, -0.15) is 0 Å². The SMILES string of the molecule is CC(C)CCCCCCCCCCCCCCCC(=O)OC[C@H](COP(=O)(O)OCC(O)COP(=O)(O)OC[C@@H](COC(=O)CCCCCCCCCCC(C)C)OC(=O)CCCCCCCCCCCC(C)C)OC(=O)CCCCCCCCCCCCC(C)C. The molecule has 0 aliphatic heterocycles. The molecule has 0 bridgehead atoms. The molecular formula is C73H142O17P2. The van der Waals surface area contributed by atoms with Crippen molar-refractivity contribution in [3.63, 3.8) is 0 Å². The second-order valence-electron chi connectivity index (χ2n) is 28.2. The lowest BCUT2D eigenvalue weighted by atomic mass is 10.0. The Bertz CT molecular complexity index is 1820. The fraction of sp³-hybridized carbons (Fsp3) is 0.945. The van der Waals surface area contributed by atoms with E-state index in [1.165, 1.54) is 167 Å². The number of ether oxygens (including phenoxy) is 4. The molecule has 0 aromatic rings. The number of esters is 4. The summed E-state index contributed by atoms with van der Waals surface area (Å²) >= 11 is 0. The highest BCUT2D eigenvalue weighted by Gasteiger charge is 2.30. The highest BCUT2D eigenvalue weighted by molar-refractivity contribution is 7.47. The van der Waals surface area contributed by atoms with Crippen LogP contribution in [0.25, 0.3) is 0 Å². The normalized spacial score (nSPS) is 14.2. The highest BCUT2D eigenvalue weighted by atomic mass is 31.2. The molecule has 546 valence electrons. The van der Waals surface area contributed by atoms with Crippen LogP contribution in [-0.4, -0.2) is 96.7 Å². The Morgan fingerprint density at radius 2 is 0.457 bits per heavy atom. The van der Waals surface area contributed by atoms with Crippen molar-refractivity contribution in [2.75, 3.05) is 39.6 Å². The Hall–Kier alpha value is -1.94. The third-order valence-corrected chi connectivity index (χ3v) is 18.7. The molecule has 0 aromatic carbocycles.